The number of aryl methyl sites for hydroxylation is 2. The van der Waals surface area contributed by atoms with Gasteiger partial charge in [0, 0.05) is 16.2 Å². The average Bonchev–Trinajstić information content (AvgIpc) is 3.26. The summed E-state index contributed by atoms with van der Waals surface area (Å²) in [5, 5.41) is 3.02. The molecule has 1 atom stereocenters. The number of thiophene rings is 1. The summed E-state index contributed by atoms with van der Waals surface area (Å²) in [5.74, 6) is 1.14. The molecule has 1 aliphatic carbocycles. The van der Waals surface area contributed by atoms with E-state index in [9.17, 15) is 9.59 Å². The number of benzene rings is 1. The maximum atomic E-state index is 13.2. The molecular formula is C21H24N2O2S2. The van der Waals surface area contributed by atoms with Crippen molar-refractivity contribution in [3.8, 4) is 10.4 Å². The van der Waals surface area contributed by atoms with Gasteiger partial charge in [-0.1, -0.05) is 24.3 Å². The number of thioether (sulfide) groups is 1. The van der Waals surface area contributed by atoms with E-state index in [4.69, 9.17) is 0 Å². The SMILES string of the molecule is CC(C)(C)NC(=O)C1CSCN1C(=O)c1cc2c(s1)-c1ccccc1CC2. The van der Waals surface area contributed by atoms with Crippen LogP contribution in [0.25, 0.3) is 10.4 Å². The third-order valence-corrected chi connectivity index (χ3v) is 7.10. The van der Waals surface area contributed by atoms with E-state index >= 15 is 0 Å². The monoisotopic (exact) mass is 400 g/mol. The lowest BCUT2D eigenvalue weighted by atomic mass is 9.91. The predicted molar refractivity (Wildman–Crippen MR) is 112 cm³/mol. The number of carbonyl (C=O) groups is 2. The second-order valence-electron chi connectivity index (χ2n) is 8.15. The standard InChI is InChI=1S/C21H24N2O2S2/c1-21(2,3)22-19(24)16-11-26-12-23(16)20(25)17-10-14-9-8-13-6-4-5-7-15(13)18(14)27-17/h4-7,10,16H,8-9,11-12H2,1-3H3,(H,22,24). The number of carbonyl (C=O) groups excluding carboxylic acids is 2. The number of nitrogens with one attached hydrogen (secondary N) is 1. The van der Waals surface area contributed by atoms with Gasteiger partial charge in [-0.15, -0.1) is 23.1 Å². The fourth-order valence-corrected chi connectivity index (χ4v) is 6.01. The summed E-state index contributed by atoms with van der Waals surface area (Å²) in [6, 6.07) is 10.1. The van der Waals surface area contributed by atoms with Gasteiger partial charge in [-0.05, 0) is 56.4 Å². The van der Waals surface area contributed by atoms with Crippen LogP contribution in [0.3, 0.4) is 0 Å². The van der Waals surface area contributed by atoms with Crippen LogP contribution in [0, 0.1) is 0 Å². The van der Waals surface area contributed by atoms with Crippen molar-refractivity contribution < 1.29 is 9.59 Å². The number of fused-ring (bicyclic) bond motifs is 3. The van der Waals surface area contributed by atoms with E-state index in [0.717, 1.165) is 17.7 Å². The molecule has 1 aromatic carbocycles. The van der Waals surface area contributed by atoms with Crippen LogP contribution in [0.1, 0.15) is 41.6 Å². The Bertz CT molecular complexity index is 898. The zero-order chi connectivity index (χ0) is 19.2. The van der Waals surface area contributed by atoms with Crippen molar-refractivity contribution in [3.63, 3.8) is 0 Å². The molecule has 0 bridgehead atoms. The first-order chi connectivity index (χ1) is 12.8. The van der Waals surface area contributed by atoms with E-state index in [1.54, 1.807) is 28.0 Å². The van der Waals surface area contributed by atoms with Gasteiger partial charge in [-0.25, -0.2) is 0 Å². The summed E-state index contributed by atoms with van der Waals surface area (Å²) in [4.78, 5) is 29.5. The third-order valence-electron chi connectivity index (χ3n) is 4.89. The molecule has 1 aliphatic heterocycles. The Kier molecular flexibility index (Phi) is 4.80. The molecule has 6 heteroatoms. The minimum absolute atomic E-state index is 0.0223. The Morgan fingerprint density at radius 3 is 2.67 bits per heavy atom. The molecule has 2 aliphatic rings. The van der Waals surface area contributed by atoms with E-state index in [2.05, 4.69) is 29.6 Å². The van der Waals surface area contributed by atoms with Crippen LogP contribution in [0.15, 0.2) is 30.3 Å². The normalized spacial score (nSPS) is 18.8. The van der Waals surface area contributed by atoms with Gasteiger partial charge in [-0.2, -0.15) is 0 Å². The lowest BCUT2D eigenvalue weighted by molar-refractivity contribution is -0.125. The Balaban J connectivity index is 1.59. The molecule has 27 heavy (non-hydrogen) atoms. The first-order valence-electron chi connectivity index (χ1n) is 9.25. The van der Waals surface area contributed by atoms with Crippen molar-refractivity contribution in [2.75, 3.05) is 11.6 Å². The van der Waals surface area contributed by atoms with E-state index in [1.807, 2.05) is 26.8 Å². The summed E-state index contributed by atoms with van der Waals surface area (Å²) >= 11 is 3.21. The van der Waals surface area contributed by atoms with E-state index in [1.165, 1.54) is 21.6 Å². The van der Waals surface area contributed by atoms with Crippen molar-refractivity contribution >= 4 is 34.9 Å². The highest BCUT2D eigenvalue weighted by atomic mass is 32.2. The number of hydrogen-bond acceptors (Lipinski definition) is 4. The van der Waals surface area contributed by atoms with E-state index < -0.39 is 6.04 Å². The second kappa shape index (κ2) is 6.99. The van der Waals surface area contributed by atoms with Gasteiger partial charge in [0.1, 0.15) is 6.04 Å². The van der Waals surface area contributed by atoms with Crippen LogP contribution < -0.4 is 5.32 Å². The molecule has 2 heterocycles. The quantitative estimate of drug-likeness (QED) is 0.831. The molecule has 0 spiro atoms. The molecule has 1 unspecified atom stereocenters. The molecular weight excluding hydrogens is 376 g/mol. The summed E-state index contributed by atoms with van der Waals surface area (Å²) in [6.45, 7) is 5.89. The second-order valence-corrected chi connectivity index (χ2v) is 10.2. The number of nitrogens with zero attached hydrogens (tertiary/aromatic N) is 1. The van der Waals surface area contributed by atoms with Gasteiger partial charge in [0.15, 0.2) is 0 Å². The number of hydrogen-bond donors (Lipinski definition) is 1. The molecule has 4 nitrogen and oxygen atoms in total. The van der Waals surface area contributed by atoms with Crippen molar-refractivity contribution in [1.82, 2.24) is 10.2 Å². The van der Waals surface area contributed by atoms with Gasteiger partial charge < -0.3 is 10.2 Å². The molecule has 142 valence electrons. The van der Waals surface area contributed by atoms with Gasteiger partial charge in [-0.3, -0.25) is 9.59 Å². The van der Waals surface area contributed by atoms with Crippen molar-refractivity contribution in [1.29, 1.82) is 0 Å². The zero-order valence-corrected chi connectivity index (χ0v) is 17.5. The Morgan fingerprint density at radius 2 is 1.89 bits per heavy atom. The summed E-state index contributed by atoms with van der Waals surface area (Å²) in [5.41, 5.74) is 3.56. The van der Waals surface area contributed by atoms with Crippen LogP contribution in [-0.4, -0.2) is 39.9 Å². The lowest BCUT2D eigenvalue weighted by Crippen LogP contribution is -2.52. The molecule has 4 rings (SSSR count). The van der Waals surface area contributed by atoms with Gasteiger partial charge in [0.25, 0.3) is 5.91 Å². The van der Waals surface area contributed by atoms with Gasteiger partial charge in [0.05, 0.1) is 10.8 Å². The van der Waals surface area contributed by atoms with Gasteiger partial charge >= 0.3 is 0 Å². The topological polar surface area (TPSA) is 49.4 Å². The maximum absolute atomic E-state index is 13.2. The highest BCUT2D eigenvalue weighted by Gasteiger charge is 2.37. The fraction of sp³-hybridized carbons (Fsp3) is 0.429. The highest BCUT2D eigenvalue weighted by Crippen LogP contribution is 2.40. The predicted octanol–water partition coefficient (Wildman–Crippen LogP) is 3.94. The average molecular weight is 401 g/mol. The van der Waals surface area contributed by atoms with E-state index in [0.29, 0.717) is 11.6 Å². The van der Waals surface area contributed by atoms with Crippen molar-refractivity contribution in [2.24, 2.45) is 0 Å². The highest BCUT2D eigenvalue weighted by molar-refractivity contribution is 7.99. The molecule has 2 amide bonds. The first kappa shape index (κ1) is 18.6. The molecule has 2 aromatic rings. The molecule has 0 radical (unpaired) electrons. The minimum atomic E-state index is -0.395. The lowest BCUT2D eigenvalue weighted by Gasteiger charge is -2.27. The minimum Gasteiger partial charge on any atom is -0.350 e. The largest absolute Gasteiger partial charge is 0.350 e. The van der Waals surface area contributed by atoms with Crippen LogP contribution in [0.2, 0.25) is 0 Å². The molecule has 0 saturated carbocycles. The Morgan fingerprint density at radius 1 is 1.15 bits per heavy atom. The number of rotatable bonds is 2. The van der Waals surface area contributed by atoms with E-state index in [-0.39, 0.29) is 17.4 Å². The molecule has 1 fully saturated rings. The van der Waals surface area contributed by atoms with Crippen LogP contribution in [-0.2, 0) is 17.6 Å². The third kappa shape index (κ3) is 3.65. The van der Waals surface area contributed by atoms with Crippen molar-refractivity contribution in [3.05, 3.63) is 46.3 Å². The summed E-state index contributed by atoms with van der Waals surface area (Å²) in [6.07, 6.45) is 1.99. The summed E-state index contributed by atoms with van der Waals surface area (Å²) < 4.78 is 0. The van der Waals surface area contributed by atoms with Crippen LogP contribution in [0.4, 0.5) is 0 Å². The molecule has 1 saturated heterocycles. The molecule has 1 aromatic heterocycles. The fourth-order valence-electron chi connectivity index (χ4n) is 3.63. The molecule has 1 N–H and O–H groups in total. The van der Waals surface area contributed by atoms with Gasteiger partial charge in [0.2, 0.25) is 5.91 Å². The first-order valence-corrected chi connectivity index (χ1v) is 11.2. The van der Waals surface area contributed by atoms with Crippen LogP contribution in [0.5, 0.6) is 0 Å². The Labute approximate surface area is 168 Å². The number of amides is 2. The summed E-state index contributed by atoms with van der Waals surface area (Å²) in [7, 11) is 0. The Hall–Kier alpha value is -1.79. The van der Waals surface area contributed by atoms with Crippen LogP contribution >= 0.6 is 23.1 Å². The maximum Gasteiger partial charge on any atom is 0.265 e. The van der Waals surface area contributed by atoms with Crippen molar-refractivity contribution in [2.45, 2.75) is 45.2 Å². The smallest absolute Gasteiger partial charge is 0.265 e. The zero-order valence-electron chi connectivity index (χ0n) is 15.9.